The molecule has 3 aromatic rings. The van der Waals surface area contributed by atoms with Crippen LogP contribution in [-0.2, 0) is 0 Å². The van der Waals surface area contributed by atoms with Crippen molar-refractivity contribution >= 4 is 44.8 Å². The van der Waals surface area contributed by atoms with E-state index in [1.165, 1.54) is 0 Å². The van der Waals surface area contributed by atoms with Gasteiger partial charge in [-0.3, -0.25) is 9.59 Å². The van der Waals surface area contributed by atoms with Crippen molar-refractivity contribution in [3.8, 4) is 0 Å². The summed E-state index contributed by atoms with van der Waals surface area (Å²) >= 11 is 9.37. The number of rotatable bonds is 6. The molecule has 0 atom stereocenters. The predicted molar refractivity (Wildman–Crippen MR) is 109 cm³/mol. The average Bonchev–Trinajstić information content (AvgIpc) is 2.71. The van der Waals surface area contributed by atoms with Crippen LogP contribution in [0.3, 0.4) is 0 Å². The maximum atomic E-state index is 12.9. The summed E-state index contributed by atoms with van der Waals surface area (Å²) in [7, 11) is 0. The lowest BCUT2D eigenvalue weighted by atomic mass is 9.97. The Hall–Kier alpha value is -2.63. The Bertz CT molecular complexity index is 940. The van der Waals surface area contributed by atoms with Crippen molar-refractivity contribution in [1.82, 2.24) is 0 Å². The summed E-state index contributed by atoms with van der Waals surface area (Å²) in [5, 5.41) is 8.61. The van der Waals surface area contributed by atoms with Crippen molar-refractivity contribution in [3.63, 3.8) is 0 Å². The zero-order valence-corrected chi connectivity index (χ0v) is 16.4. The van der Waals surface area contributed by atoms with Gasteiger partial charge in [0, 0.05) is 15.6 Å². The molecule has 0 unspecified atom stereocenters. The summed E-state index contributed by atoms with van der Waals surface area (Å²) in [6.45, 7) is 0. The van der Waals surface area contributed by atoms with Crippen LogP contribution in [0.5, 0.6) is 0 Å². The van der Waals surface area contributed by atoms with Gasteiger partial charge < -0.3 is 0 Å². The van der Waals surface area contributed by atoms with Gasteiger partial charge in [-0.1, -0.05) is 72.3 Å². The van der Waals surface area contributed by atoms with Gasteiger partial charge in [0.1, 0.15) is 0 Å². The van der Waals surface area contributed by atoms with Crippen molar-refractivity contribution < 1.29 is 9.59 Å². The Morgan fingerprint density at radius 2 is 1.33 bits per heavy atom. The fourth-order valence-electron chi connectivity index (χ4n) is 2.42. The minimum atomic E-state index is -1.27. The first-order chi connectivity index (χ1) is 13.1. The van der Waals surface area contributed by atoms with E-state index in [0.717, 1.165) is 4.47 Å². The lowest BCUT2D eigenvalue weighted by molar-refractivity contribution is 0.0861. The zero-order chi connectivity index (χ0) is 19.2. The van der Waals surface area contributed by atoms with Crippen LogP contribution in [0.4, 0.5) is 5.69 Å². The van der Waals surface area contributed by atoms with E-state index in [4.69, 9.17) is 11.6 Å². The van der Waals surface area contributed by atoms with E-state index >= 15 is 0 Å². The van der Waals surface area contributed by atoms with E-state index in [-0.39, 0.29) is 0 Å². The lowest BCUT2D eigenvalue weighted by Crippen LogP contribution is -2.28. The number of hydrogen-bond donors (Lipinski definition) is 0. The SMILES string of the molecule is O=C(c1ccccc1)C(N=Nc1ccc(Br)c(Cl)c1)C(=O)c1ccccc1. The second-order valence-corrected chi connectivity index (χ2v) is 6.94. The number of benzene rings is 3. The number of nitrogens with zero attached hydrogens (tertiary/aromatic N) is 2. The molecule has 0 saturated heterocycles. The molecule has 0 amide bonds. The summed E-state index contributed by atoms with van der Waals surface area (Å²) in [5.74, 6) is -0.812. The van der Waals surface area contributed by atoms with Crippen molar-refractivity contribution in [2.75, 3.05) is 0 Å². The van der Waals surface area contributed by atoms with Crippen LogP contribution in [-0.4, -0.2) is 17.6 Å². The molecule has 0 radical (unpaired) electrons. The highest BCUT2D eigenvalue weighted by molar-refractivity contribution is 9.10. The molecular weight excluding hydrogens is 428 g/mol. The van der Waals surface area contributed by atoms with Gasteiger partial charge in [0.25, 0.3) is 0 Å². The van der Waals surface area contributed by atoms with Gasteiger partial charge in [-0.25, -0.2) is 0 Å². The maximum Gasteiger partial charge on any atom is 0.197 e. The van der Waals surface area contributed by atoms with Crippen LogP contribution in [0.1, 0.15) is 20.7 Å². The van der Waals surface area contributed by atoms with E-state index in [0.29, 0.717) is 21.8 Å². The molecule has 6 heteroatoms. The van der Waals surface area contributed by atoms with Crippen LogP contribution < -0.4 is 0 Å². The summed E-state index contributed by atoms with van der Waals surface area (Å²) < 4.78 is 0.723. The number of azo groups is 1. The maximum absolute atomic E-state index is 12.9. The Balaban J connectivity index is 1.96. The molecule has 3 rings (SSSR count). The summed E-state index contributed by atoms with van der Waals surface area (Å²) in [6.07, 6.45) is 0. The lowest BCUT2D eigenvalue weighted by Gasteiger charge is -2.10. The molecule has 0 aliphatic rings. The molecule has 0 heterocycles. The molecule has 27 heavy (non-hydrogen) atoms. The van der Waals surface area contributed by atoms with Gasteiger partial charge in [-0.05, 0) is 34.1 Å². The number of carbonyl (C=O) groups excluding carboxylic acids is 2. The van der Waals surface area contributed by atoms with Crippen molar-refractivity contribution in [3.05, 3.63) is 99.5 Å². The van der Waals surface area contributed by atoms with Crippen molar-refractivity contribution in [2.24, 2.45) is 10.2 Å². The smallest absolute Gasteiger partial charge is 0.197 e. The Morgan fingerprint density at radius 3 is 1.81 bits per heavy atom. The second-order valence-electron chi connectivity index (χ2n) is 5.68. The van der Waals surface area contributed by atoms with Gasteiger partial charge >= 0.3 is 0 Å². The standard InChI is InChI=1S/C21H14BrClN2O2/c22-17-12-11-16(13-18(17)23)24-25-19(20(26)14-7-3-1-4-8-14)21(27)15-9-5-2-6-10-15/h1-13,19H. The van der Waals surface area contributed by atoms with Crippen LogP contribution in [0, 0.1) is 0 Å². The topological polar surface area (TPSA) is 58.9 Å². The number of hydrogen-bond acceptors (Lipinski definition) is 4. The second kappa shape index (κ2) is 8.84. The van der Waals surface area contributed by atoms with Gasteiger partial charge in [0.2, 0.25) is 0 Å². The van der Waals surface area contributed by atoms with Crippen LogP contribution in [0.15, 0.2) is 93.6 Å². The van der Waals surface area contributed by atoms with Crippen LogP contribution in [0.25, 0.3) is 0 Å². The Labute approximate surface area is 170 Å². The van der Waals surface area contributed by atoms with E-state index in [9.17, 15) is 9.59 Å². The third kappa shape index (κ3) is 4.76. The Morgan fingerprint density at radius 1 is 0.815 bits per heavy atom. The molecule has 0 spiro atoms. The molecule has 0 aromatic heterocycles. The first-order valence-corrected chi connectivity index (χ1v) is 9.28. The third-order valence-electron chi connectivity index (χ3n) is 3.81. The minimum absolute atomic E-state index is 0.402. The van der Waals surface area contributed by atoms with E-state index in [2.05, 4.69) is 26.2 Å². The molecule has 4 nitrogen and oxygen atoms in total. The highest BCUT2D eigenvalue weighted by Gasteiger charge is 2.28. The van der Waals surface area contributed by atoms with Crippen LogP contribution >= 0.6 is 27.5 Å². The highest BCUT2D eigenvalue weighted by atomic mass is 79.9. The quantitative estimate of drug-likeness (QED) is 0.255. The van der Waals surface area contributed by atoms with Gasteiger partial charge in [0.15, 0.2) is 17.6 Å². The Kier molecular flexibility index (Phi) is 6.27. The fourth-order valence-corrected chi connectivity index (χ4v) is 2.84. The van der Waals surface area contributed by atoms with E-state index in [1.807, 2.05) is 0 Å². The molecule has 3 aromatic carbocycles. The summed E-state index contributed by atoms with van der Waals surface area (Å²) in [6, 6.07) is 20.9. The molecule has 0 fully saturated rings. The first kappa shape index (κ1) is 19.1. The van der Waals surface area contributed by atoms with Gasteiger partial charge in [-0.2, -0.15) is 10.2 Å². The first-order valence-electron chi connectivity index (χ1n) is 8.10. The van der Waals surface area contributed by atoms with E-state index < -0.39 is 17.6 Å². The third-order valence-corrected chi connectivity index (χ3v) is 5.04. The van der Waals surface area contributed by atoms with Crippen LogP contribution in [0.2, 0.25) is 5.02 Å². The normalized spacial score (nSPS) is 11.1. The number of halogens is 2. The summed E-state index contributed by atoms with van der Waals surface area (Å²) in [5.41, 5.74) is 1.26. The van der Waals surface area contributed by atoms with Crippen molar-refractivity contribution in [1.29, 1.82) is 0 Å². The minimum Gasteiger partial charge on any atom is -0.291 e. The largest absolute Gasteiger partial charge is 0.291 e. The highest BCUT2D eigenvalue weighted by Crippen LogP contribution is 2.27. The average molecular weight is 442 g/mol. The zero-order valence-electron chi connectivity index (χ0n) is 14.0. The number of carbonyl (C=O) groups is 2. The number of ketones is 2. The van der Waals surface area contributed by atoms with Crippen molar-refractivity contribution in [2.45, 2.75) is 6.04 Å². The molecule has 0 saturated carbocycles. The fraction of sp³-hybridized carbons (Fsp3) is 0.0476. The van der Waals surface area contributed by atoms with Gasteiger partial charge in [0.05, 0.1) is 10.7 Å². The predicted octanol–water partition coefficient (Wildman–Crippen LogP) is 6.32. The molecule has 134 valence electrons. The molecule has 0 N–H and O–H groups in total. The molecule has 0 aliphatic heterocycles. The van der Waals surface area contributed by atoms with Gasteiger partial charge in [-0.15, -0.1) is 0 Å². The molecule has 0 aliphatic carbocycles. The number of Topliss-reactive ketones (excluding diaryl/α,β-unsaturated/α-hetero) is 2. The molecular formula is C21H14BrClN2O2. The monoisotopic (exact) mass is 440 g/mol. The summed E-state index contributed by atoms with van der Waals surface area (Å²) in [4.78, 5) is 25.8. The van der Waals surface area contributed by atoms with E-state index in [1.54, 1.807) is 78.9 Å². The molecule has 0 bridgehead atoms.